The highest BCUT2D eigenvalue weighted by molar-refractivity contribution is 5.45. The summed E-state index contributed by atoms with van der Waals surface area (Å²) in [5.41, 5.74) is 7.88. The molecule has 1 aromatic rings. The number of ether oxygens (including phenoxy) is 1. The van der Waals surface area contributed by atoms with Crippen LogP contribution in [0, 0.1) is 10.1 Å². The molecule has 1 aliphatic rings. The number of rotatable bonds is 2. The predicted octanol–water partition coefficient (Wildman–Crippen LogP) is 1.17. The van der Waals surface area contributed by atoms with E-state index in [1.807, 2.05) is 0 Å². The van der Waals surface area contributed by atoms with E-state index in [9.17, 15) is 10.1 Å². The van der Waals surface area contributed by atoms with Crippen LogP contribution >= 0.6 is 0 Å². The standard InChI is InChI=1S/C10H12N2O3/c1-15-9-4-6-2-3-7(12(13)14)5-8(6)10(9)11/h2-3,5,9-10H,4,11H2,1H3. The molecule has 0 radical (unpaired) electrons. The molecule has 80 valence electrons. The fourth-order valence-corrected chi connectivity index (χ4v) is 1.97. The molecule has 0 aromatic heterocycles. The number of methoxy groups -OCH3 is 1. The molecule has 15 heavy (non-hydrogen) atoms. The van der Waals surface area contributed by atoms with Gasteiger partial charge >= 0.3 is 0 Å². The van der Waals surface area contributed by atoms with Crippen molar-refractivity contribution in [2.75, 3.05) is 7.11 Å². The van der Waals surface area contributed by atoms with E-state index in [0.29, 0.717) is 0 Å². The number of non-ortho nitro benzene ring substituents is 1. The quantitative estimate of drug-likeness (QED) is 0.584. The minimum absolute atomic E-state index is 0.0676. The predicted molar refractivity (Wildman–Crippen MR) is 54.5 cm³/mol. The number of nitrogens with two attached hydrogens (primary N) is 1. The van der Waals surface area contributed by atoms with Gasteiger partial charge in [0.05, 0.1) is 17.1 Å². The third kappa shape index (κ3) is 1.60. The number of nitro benzene ring substituents is 1. The molecule has 0 bridgehead atoms. The Morgan fingerprint density at radius 2 is 2.33 bits per heavy atom. The number of benzene rings is 1. The summed E-state index contributed by atoms with van der Waals surface area (Å²) in [6, 6.07) is 4.54. The highest BCUT2D eigenvalue weighted by atomic mass is 16.6. The third-order valence-corrected chi connectivity index (χ3v) is 2.82. The zero-order valence-electron chi connectivity index (χ0n) is 8.34. The summed E-state index contributed by atoms with van der Waals surface area (Å²) in [6.45, 7) is 0. The van der Waals surface area contributed by atoms with E-state index in [1.54, 1.807) is 19.2 Å². The lowest BCUT2D eigenvalue weighted by molar-refractivity contribution is -0.384. The van der Waals surface area contributed by atoms with Gasteiger partial charge in [0.2, 0.25) is 0 Å². The molecule has 0 spiro atoms. The number of hydrogen-bond acceptors (Lipinski definition) is 4. The van der Waals surface area contributed by atoms with Gasteiger partial charge in [-0.15, -0.1) is 0 Å². The van der Waals surface area contributed by atoms with E-state index in [2.05, 4.69) is 0 Å². The van der Waals surface area contributed by atoms with Crippen LogP contribution in [-0.4, -0.2) is 18.1 Å². The van der Waals surface area contributed by atoms with Crippen LogP contribution in [0.3, 0.4) is 0 Å². The summed E-state index contributed by atoms with van der Waals surface area (Å²) in [5.74, 6) is 0. The van der Waals surface area contributed by atoms with Gasteiger partial charge in [0.1, 0.15) is 0 Å². The van der Waals surface area contributed by atoms with E-state index in [1.165, 1.54) is 6.07 Å². The highest BCUT2D eigenvalue weighted by Gasteiger charge is 2.30. The Bertz CT molecular complexity index is 406. The summed E-state index contributed by atoms with van der Waals surface area (Å²) in [5, 5.41) is 10.6. The van der Waals surface area contributed by atoms with Crippen LogP contribution in [0.1, 0.15) is 17.2 Å². The van der Waals surface area contributed by atoms with Crippen LogP contribution < -0.4 is 5.73 Å². The van der Waals surface area contributed by atoms with E-state index < -0.39 is 4.92 Å². The molecular formula is C10H12N2O3. The topological polar surface area (TPSA) is 78.4 Å². The molecule has 0 amide bonds. The fraction of sp³-hybridized carbons (Fsp3) is 0.400. The number of hydrogen-bond donors (Lipinski definition) is 1. The molecule has 5 heteroatoms. The molecular weight excluding hydrogens is 196 g/mol. The Morgan fingerprint density at radius 3 is 2.93 bits per heavy atom. The van der Waals surface area contributed by atoms with Gasteiger partial charge in [0.15, 0.2) is 0 Å². The molecule has 0 heterocycles. The van der Waals surface area contributed by atoms with Crippen LogP contribution in [0.2, 0.25) is 0 Å². The number of nitro groups is 1. The minimum atomic E-state index is -0.410. The van der Waals surface area contributed by atoms with E-state index in [-0.39, 0.29) is 17.8 Å². The van der Waals surface area contributed by atoms with E-state index >= 15 is 0 Å². The van der Waals surface area contributed by atoms with Crippen molar-refractivity contribution >= 4 is 5.69 Å². The van der Waals surface area contributed by atoms with Crippen molar-refractivity contribution in [3.63, 3.8) is 0 Å². The van der Waals surface area contributed by atoms with Gasteiger partial charge in [0, 0.05) is 25.7 Å². The molecule has 2 N–H and O–H groups in total. The molecule has 1 aliphatic carbocycles. The van der Waals surface area contributed by atoms with Gasteiger partial charge in [-0.25, -0.2) is 0 Å². The van der Waals surface area contributed by atoms with Gasteiger partial charge < -0.3 is 10.5 Å². The number of nitrogens with zero attached hydrogens (tertiary/aromatic N) is 1. The van der Waals surface area contributed by atoms with Crippen molar-refractivity contribution in [3.8, 4) is 0 Å². The van der Waals surface area contributed by atoms with Crippen molar-refractivity contribution in [1.29, 1.82) is 0 Å². The monoisotopic (exact) mass is 208 g/mol. The lowest BCUT2D eigenvalue weighted by atomic mass is 10.1. The smallest absolute Gasteiger partial charge is 0.269 e. The minimum Gasteiger partial charge on any atom is -0.379 e. The van der Waals surface area contributed by atoms with Crippen LogP contribution in [0.25, 0.3) is 0 Å². The number of fused-ring (bicyclic) bond motifs is 1. The van der Waals surface area contributed by atoms with E-state index in [0.717, 1.165) is 17.5 Å². The zero-order chi connectivity index (χ0) is 11.0. The van der Waals surface area contributed by atoms with Crippen molar-refractivity contribution in [1.82, 2.24) is 0 Å². The molecule has 0 fully saturated rings. The highest BCUT2D eigenvalue weighted by Crippen LogP contribution is 2.33. The van der Waals surface area contributed by atoms with Crippen molar-refractivity contribution in [2.45, 2.75) is 18.6 Å². The van der Waals surface area contributed by atoms with Gasteiger partial charge in [-0.1, -0.05) is 6.07 Å². The summed E-state index contributed by atoms with van der Waals surface area (Å²) >= 11 is 0. The van der Waals surface area contributed by atoms with Gasteiger partial charge in [-0.3, -0.25) is 10.1 Å². The molecule has 5 nitrogen and oxygen atoms in total. The second-order valence-corrected chi connectivity index (χ2v) is 3.64. The summed E-state index contributed by atoms with van der Waals surface area (Å²) < 4.78 is 5.21. The Labute approximate surface area is 87.0 Å². The van der Waals surface area contributed by atoms with Gasteiger partial charge in [-0.2, -0.15) is 0 Å². The maximum absolute atomic E-state index is 10.6. The Kier molecular flexibility index (Phi) is 2.42. The molecule has 2 unspecified atom stereocenters. The second-order valence-electron chi connectivity index (χ2n) is 3.64. The summed E-state index contributed by atoms with van der Waals surface area (Å²) in [4.78, 5) is 10.2. The first-order valence-electron chi connectivity index (χ1n) is 4.69. The summed E-state index contributed by atoms with van der Waals surface area (Å²) in [7, 11) is 1.60. The lowest BCUT2D eigenvalue weighted by Gasteiger charge is -2.13. The summed E-state index contributed by atoms with van der Waals surface area (Å²) in [6.07, 6.45) is 0.660. The van der Waals surface area contributed by atoms with Crippen LogP contribution in [0.5, 0.6) is 0 Å². The third-order valence-electron chi connectivity index (χ3n) is 2.82. The first-order chi connectivity index (χ1) is 7.13. The van der Waals surface area contributed by atoms with E-state index in [4.69, 9.17) is 10.5 Å². The van der Waals surface area contributed by atoms with Crippen LogP contribution in [0.4, 0.5) is 5.69 Å². The lowest BCUT2D eigenvalue weighted by Crippen LogP contribution is -2.23. The average Bonchev–Trinajstić information content (AvgIpc) is 2.55. The van der Waals surface area contributed by atoms with Crippen molar-refractivity contribution < 1.29 is 9.66 Å². The Morgan fingerprint density at radius 1 is 1.60 bits per heavy atom. The molecule has 0 aliphatic heterocycles. The zero-order valence-corrected chi connectivity index (χ0v) is 8.34. The van der Waals surface area contributed by atoms with Crippen molar-refractivity contribution in [2.24, 2.45) is 5.73 Å². The molecule has 0 saturated carbocycles. The normalized spacial score (nSPS) is 23.9. The first kappa shape index (κ1) is 10.1. The molecule has 0 saturated heterocycles. The van der Waals surface area contributed by atoms with Gasteiger partial charge in [-0.05, 0) is 11.1 Å². The van der Waals surface area contributed by atoms with Gasteiger partial charge in [0.25, 0.3) is 5.69 Å². The van der Waals surface area contributed by atoms with Crippen LogP contribution in [0.15, 0.2) is 18.2 Å². The van der Waals surface area contributed by atoms with Crippen molar-refractivity contribution in [3.05, 3.63) is 39.4 Å². The SMILES string of the molecule is COC1Cc2ccc([N+](=O)[O-])cc2C1N. The molecule has 2 rings (SSSR count). The second kappa shape index (κ2) is 3.60. The Balaban J connectivity index is 2.39. The first-order valence-corrected chi connectivity index (χ1v) is 4.69. The average molecular weight is 208 g/mol. The fourth-order valence-electron chi connectivity index (χ4n) is 1.97. The molecule has 1 aromatic carbocycles. The maximum atomic E-state index is 10.6. The largest absolute Gasteiger partial charge is 0.379 e. The Hall–Kier alpha value is -1.46. The maximum Gasteiger partial charge on any atom is 0.269 e. The van der Waals surface area contributed by atoms with Crippen LogP contribution in [-0.2, 0) is 11.2 Å². The molecule has 2 atom stereocenters.